The number of carbonyl (C=O) groups is 1. The first-order valence-corrected chi connectivity index (χ1v) is 5.58. The Bertz CT molecular complexity index is 243. The molecular formula is C11H21FN2O2. The van der Waals surface area contributed by atoms with Crippen molar-refractivity contribution in [1.29, 1.82) is 0 Å². The van der Waals surface area contributed by atoms with Gasteiger partial charge in [-0.25, -0.2) is 9.18 Å². The lowest BCUT2D eigenvalue weighted by Crippen LogP contribution is -2.51. The fraction of sp³-hybridized carbons (Fsp3) is 0.909. The van der Waals surface area contributed by atoms with Crippen molar-refractivity contribution >= 4 is 6.09 Å². The third kappa shape index (κ3) is 4.79. The number of nitrogens with one attached hydrogen (secondary N) is 1. The van der Waals surface area contributed by atoms with E-state index in [9.17, 15) is 9.18 Å². The average Bonchev–Trinajstić information content (AvgIpc) is 1.96. The van der Waals surface area contributed by atoms with Crippen LogP contribution in [0.3, 0.4) is 0 Å². The number of hydrogen-bond acceptors (Lipinski definition) is 3. The van der Waals surface area contributed by atoms with Gasteiger partial charge in [0.25, 0.3) is 0 Å². The Balaban J connectivity index is 2.39. The summed E-state index contributed by atoms with van der Waals surface area (Å²) in [6.45, 7) is 6.51. The second-order valence-corrected chi connectivity index (χ2v) is 5.40. The van der Waals surface area contributed by atoms with Crippen LogP contribution >= 0.6 is 0 Å². The molecule has 94 valence electrons. The van der Waals surface area contributed by atoms with Crippen LogP contribution < -0.4 is 5.32 Å². The van der Waals surface area contributed by atoms with Crippen molar-refractivity contribution in [2.45, 2.75) is 45.0 Å². The van der Waals surface area contributed by atoms with Crippen molar-refractivity contribution in [3.05, 3.63) is 0 Å². The number of rotatable bonds is 1. The molecule has 5 heteroatoms. The van der Waals surface area contributed by atoms with E-state index in [1.165, 1.54) is 0 Å². The molecule has 1 N–H and O–H groups in total. The molecule has 16 heavy (non-hydrogen) atoms. The Labute approximate surface area is 96.1 Å². The number of amides is 1. The Morgan fingerprint density at radius 2 is 2.06 bits per heavy atom. The summed E-state index contributed by atoms with van der Waals surface area (Å²) in [7, 11) is 1.84. The molecule has 1 saturated heterocycles. The lowest BCUT2D eigenvalue weighted by molar-refractivity contribution is 0.0448. The van der Waals surface area contributed by atoms with Crippen molar-refractivity contribution < 1.29 is 13.9 Å². The SMILES string of the molecule is CN1CC(F)CC(NC(=O)OC(C)(C)C)C1. The van der Waals surface area contributed by atoms with Gasteiger partial charge in [-0.15, -0.1) is 0 Å². The Morgan fingerprint density at radius 3 is 2.56 bits per heavy atom. The molecule has 1 aliphatic rings. The molecule has 1 amide bonds. The van der Waals surface area contributed by atoms with Gasteiger partial charge in [0, 0.05) is 25.6 Å². The van der Waals surface area contributed by atoms with Gasteiger partial charge in [0.05, 0.1) is 0 Å². The summed E-state index contributed by atoms with van der Waals surface area (Å²) in [6.07, 6.45) is -0.984. The fourth-order valence-electron chi connectivity index (χ4n) is 1.83. The number of hydrogen-bond donors (Lipinski definition) is 1. The molecule has 1 fully saturated rings. The molecule has 0 spiro atoms. The summed E-state index contributed by atoms with van der Waals surface area (Å²) >= 11 is 0. The number of halogens is 1. The maximum atomic E-state index is 13.2. The quantitative estimate of drug-likeness (QED) is 0.746. The van der Waals surface area contributed by atoms with Crippen LogP contribution in [0.5, 0.6) is 0 Å². The third-order valence-electron chi connectivity index (χ3n) is 2.30. The van der Waals surface area contributed by atoms with Gasteiger partial charge < -0.3 is 15.0 Å². The molecule has 0 saturated carbocycles. The minimum Gasteiger partial charge on any atom is -0.444 e. The second kappa shape index (κ2) is 4.99. The lowest BCUT2D eigenvalue weighted by Gasteiger charge is -2.32. The number of likely N-dealkylation sites (tertiary alicyclic amines) is 1. The lowest BCUT2D eigenvalue weighted by atomic mass is 10.1. The van der Waals surface area contributed by atoms with E-state index in [4.69, 9.17) is 4.74 Å². The zero-order chi connectivity index (χ0) is 12.3. The number of piperidine rings is 1. The molecule has 0 aliphatic carbocycles. The first-order valence-electron chi connectivity index (χ1n) is 5.58. The van der Waals surface area contributed by atoms with Gasteiger partial charge in [0.2, 0.25) is 0 Å². The molecule has 4 nitrogen and oxygen atoms in total. The molecule has 1 aliphatic heterocycles. The van der Waals surface area contributed by atoms with Crippen molar-refractivity contribution in [2.24, 2.45) is 0 Å². The van der Waals surface area contributed by atoms with Gasteiger partial charge in [0.1, 0.15) is 11.8 Å². The minimum absolute atomic E-state index is 0.163. The first-order chi connectivity index (χ1) is 7.26. The Morgan fingerprint density at radius 1 is 1.44 bits per heavy atom. The van der Waals surface area contributed by atoms with Crippen LogP contribution in [-0.2, 0) is 4.74 Å². The Hall–Kier alpha value is -0.840. The molecule has 0 aromatic carbocycles. The van der Waals surface area contributed by atoms with Crippen LogP contribution in [-0.4, -0.2) is 48.9 Å². The van der Waals surface area contributed by atoms with E-state index in [0.717, 1.165) is 0 Å². The summed E-state index contributed by atoms with van der Waals surface area (Å²) < 4.78 is 18.4. The number of alkyl halides is 1. The Kier molecular flexibility index (Phi) is 4.13. The van der Waals surface area contributed by atoms with Crippen molar-refractivity contribution in [3.8, 4) is 0 Å². The summed E-state index contributed by atoms with van der Waals surface area (Å²) in [5.41, 5.74) is -0.514. The number of ether oxygens (including phenoxy) is 1. The molecule has 0 aromatic heterocycles. The van der Waals surface area contributed by atoms with Gasteiger partial charge >= 0.3 is 6.09 Å². The number of alkyl carbamates (subject to hydrolysis) is 1. The summed E-state index contributed by atoms with van der Waals surface area (Å²) in [6, 6.07) is -0.163. The van der Waals surface area contributed by atoms with Crippen LogP contribution in [0, 0.1) is 0 Å². The molecular weight excluding hydrogens is 211 g/mol. The number of nitrogens with zero attached hydrogens (tertiary/aromatic N) is 1. The van der Waals surface area contributed by atoms with E-state index in [-0.39, 0.29) is 6.04 Å². The largest absolute Gasteiger partial charge is 0.444 e. The highest BCUT2D eigenvalue weighted by Crippen LogP contribution is 2.13. The van der Waals surface area contributed by atoms with E-state index in [0.29, 0.717) is 19.5 Å². The van der Waals surface area contributed by atoms with Gasteiger partial charge in [-0.05, 0) is 27.8 Å². The fourth-order valence-corrected chi connectivity index (χ4v) is 1.83. The van der Waals surface area contributed by atoms with Crippen molar-refractivity contribution in [3.63, 3.8) is 0 Å². The summed E-state index contributed by atoms with van der Waals surface area (Å²) in [4.78, 5) is 13.3. The standard InChI is InChI=1S/C11H21FN2O2/c1-11(2,3)16-10(15)13-9-5-8(12)6-14(4)7-9/h8-9H,5-7H2,1-4H3,(H,13,15). The van der Waals surface area contributed by atoms with Crippen molar-refractivity contribution in [1.82, 2.24) is 10.2 Å². The van der Waals surface area contributed by atoms with Gasteiger partial charge in [0.15, 0.2) is 0 Å². The number of carbonyl (C=O) groups excluding carboxylic acids is 1. The molecule has 1 heterocycles. The van der Waals surface area contributed by atoms with E-state index in [1.54, 1.807) is 20.8 Å². The monoisotopic (exact) mass is 232 g/mol. The van der Waals surface area contributed by atoms with Crippen LogP contribution in [0.4, 0.5) is 9.18 Å². The van der Waals surface area contributed by atoms with E-state index < -0.39 is 17.9 Å². The molecule has 0 radical (unpaired) electrons. The van der Waals surface area contributed by atoms with E-state index in [1.807, 2.05) is 11.9 Å². The first kappa shape index (κ1) is 13.2. The highest BCUT2D eigenvalue weighted by atomic mass is 19.1. The van der Waals surface area contributed by atoms with E-state index >= 15 is 0 Å². The van der Waals surface area contributed by atoms with Crippen LogP contribution in [0.1, 0.15) is 27.2 Å². The van der Waals surface area contributed by atoms with E-state index in [2.05, 4.69) is 5.32 Å². The molecule has 2 unspecified atom stereocenters. The van der Waals surface area contributed by atoms with Crippen molar-refractivity contribution in [2.75, 3.05) is 20.1 Å². The van der Waals surface area contributed by atoms with Gasteiger partial charge in [-0.2, -0.15) is 0 Å². The molecule has 2 atom stereocenters. The van der Waals surface area contributed by atoms with Gasteiger partial charge in [-0.1, -0.05) is 0 Å². The predicted octanol–water partition coefficient (Wildman–Crippen LogP) is 1.55. The summed E-state index contributed by atoms with van der Waals surface area (Å²) in [5, 5.41) is 2.69. The third-order valence-corrected chi connectivity index (χ3v) is 2.30. The normalized spacial score (nSPS) is 27.6. The molecule has 1 rings (SSSR count). The maximum absolute atomic E-state index is 13.2. The average molecular weight is 232 g/mol. The van der Waals surface area contributed by atoms with Gasteiger partial charge in [-0.3, -0.25) is 0 Å². The predicted molar refractivity (Wildman–Crippen MR) is 60.2 cm³/mol. The minimum atomic E-state index is -0.876. The second-order valence-electron chi connectivity index (χ2n) is 5.40. The summed E-state index contributed by atoms with van der Waals surface area (Å²) in [5.74, 6) is 0. The zero-order valence-corrected chi connectivity index (χ0v) is 10.4. The number of likely N-dealkylation sites (N-methyl/N-ethyl adjacent to an activating group) is 1. The molecule has 0 bridgehead atoms. The van der Waals surface area contributed by atoms with Crippen LogP contribution in [0.25, 0.3) is 0 Å². The highest BCUT2D eigenvalue weighted by molar-refractivity contribution is 5.68. The maximum Gasteiger partial charge on any atom is 0.407 e. The highest BCUT2D eigenvalue weighted by Gasteiger charge is 2.27. The van der Waals surface area contributed by atoms with Crippen LogP contribution in [0.2, 0.25) is 0 Å². The molecule has 0 aromatic rings. The van der Waals surface area contributed by atoms with Crippen LogP contribution in [0.15, 0.2) is 0 Å². The smallest absolute Gasteiger partial charge is 0.407 e. The topological polar surface area (TPSA) is 41.6 Å². The zero-order valence-electron chi connectivity index (χ0n) is 10.4.